The van der Waals surface area contributed by atoms with Gasteiger partial charge in [0.2, 0.25) is 0 Å². The number of hydrogen-bond donors (Lipinski definition) is 1. The van der Waals surface area contributed by atoms with Gasteiger partial charge in [0.25, 0.3) is 0 Å². The van der Waals surface area contributed by atoms with E-state index >= 15 is 0 Å². The Morgan fingerprint density at radius 2 is 1.70 bits per heavy atom. The Morgan fingerprint density at radius 1 is 0.970 bits per heavy atom. The van der Waals surface area contributed by atoms with E-state index < -0.39 is 5.60 Å². The fourth-order valence-electron chi connectivity index (χ4n) is 3.50. The second kappa shape index (κ2) is 11.3. The van der Waals surface area contributed by atoms with Gasteiger partial charge in [-0.1, -0.05) is 19.4 Å². The maximum atomic E-state index is 13.9. The second-order valence-electron chi connectivity index (χ2n) is 8.90. The summed E-state index contributed by atoms with van der Waals surface area (Å²) < 4.78 is 31.7. The third kappa shape index (κ3) is 7.32. The Bertz CT molecular complexity index is 1060. The van der Waals surface area contributed by atoms with Gasteiger partial charge in [-0.3, -0.25) is 0 Å². The number of benzene rings is 2. The normalized spacial score (nSPS) is 11.6. The topological polar surface area (TPSA) is 60.8 Å². The zero-order valence-electron chi connectivity index (χ0n) is 20.0. The first-order chi connectivity index (χ1) is 15.8. The molecule has 1 aromatic heterocycles. The molecule has 6 heteroatoms. The molecule has 0 saturated carbocycles. The molecule has 1 heterocycles. The highest BCUT2D eigenvalue weighted by atomic mass is 19.1. The molecule has 0 unspecified atom stereocenters. The van der Waals surface area contributed by atoms with Crippen molar-refractivity contribution in [1.82, 2.24) is 4.98 Å². The Labute approximate surface area is 195 Å². The van der Waals surface area contributed by atoms with Crippen LogP contribution in [0.15, 0.2) is 42.5 Å². The summed E-state index contributed by atoms with van der Waals surface area (Å²) in [5, 5.41) is 10.5. The van der Waals surface area contributed by atoms with Gasteiger partial charge in [-0.25, -0.2) is 9.37 Å². The van der Waals surface area contributed by atoms with E-state index in [4.69, 9.17) is 19.2 Å². The molecule has 5 nitrogen and oxygen atoms in total. The van der Waals surface area contributed by atoms with Crippen LogP contribution in [0.5, 0.6) is 17.2 Å². The number of nitrogens with zero attached hydrogens (tertiary/aromatic N) is 1. The third-order valence-corrected chi connectivity index (χ3v) is 5.36. The molecule has 0 saturated heterocycles. The molecular formula is C27H34FNO4. The van der Waals surface area contributed by atoms with Gasteiger partial charge in [-0.05, 0) is 70.4 Å². The Kier molecular flexibility index (Phi) is 8.50. The maximum absolute atomic E-state index is 13.9. The summed E-state index contributed by atoms with van der Waals surface area (Å²) in [6, 6.07) is 12.0. The van der Waals surface area contributed by atoms with E-state index in [-0.39, 0.29) is 12.4 Å². The Morgan fingerprint density at radius 3 is 2.42 bits per heavy atom. The zero-order chi connectivity index (χ0) is 23.8. The molecule has 0 aliphatic heterocycles. The first-order valence-corrected chi connectivity index (χ1v) is 11.6. The monoisotopic (exact) mass is 455 g/mol. The average molecular weight is 456 g/mol. The van der Waals surface area contributed by atoms with Gasteiger partial charge in [-0.15, -0.1) is 0 Å². The summed E-state index contributed by atoms with van der Waals surface area (Å²) in [5.74, 6) is 1.73. The Hall–Kier alpha value is -2.86. The molecule has 0 amide bonds. The number of hydrogen-bond acceptors (Lipinski definition) is 5. The molecule has 0 fully saturated rings. The summed E-state index contributed by atoms with van der Waals surface area (Å²) in [6.45, 7) is 8.96. The molecule has 0 spiro atoms. The minimum atomic E-state index is -0.691. The quantitative estimate of drug-likeness (QED) is 0.322. The molecule has 0 radical (unpaired) electrons. The van der Waals surface area contributed by atoms with E-state index in [2.05, 4.69) is 6.92 Å². The van der Waals surface area contributed by atoms with Gasteiger partial charge >= 0.3 is 0 Å². The van der Waals surface area contributed by atoms with Crippen LogP contribution in [0.2, 0.25) is 0 Å². The number of unbranched alkanes of at least 4 members (excludes halogenated alkanes) is 1. The van der Waals surface area contributed by atoms with Crippen molar-refractivity contribution in [2.75, 3.05) is 13.2 Å². The highest BCUT2D eigenvalue weighted by Crippen LogP contribution is 2.32. The summed E-state index contributed by atoms with van der Waals surface area (Å²) in [5.41, 5.74) is 1.58. The number of halogens is 1. The van der Waals surface area contributed by atoms with Crippen molar-refractivity contribution in [3.63, 3.8) is 0 Å². The van der Waals surface area contributed by atoms with E-state index in [1.54, 1.807) is 19.9 Å². The van der Waals surface area contributed by atoms with E-state index in [0.717, 1.165) is 30.5 Å². The molecular weight excluding hydrogens is 421 g/mol. The predicted molar refractivity (Wildman–Crippen MR) is 129 cm³/mol. The molecule has 178 valence electrons. The molecule has 0 bridgehead atoms. The van der Waals surface area contributed by atoms with Crippen molar-refractivity contribution in [2.45, 2.75) is 65.6 Å². The number of ether oxygens (including phenoxy) is 3. The number of rotatable bonds is 12. The van der Waals surface area contributed by atoms with Crippen LogP contribution in [0.4, 0.5) is 4.39 Å². The van der Waals surface area contributed by atoms with Gasteiger partial charge in [-0.2, -0.15) is 0 Å². The molecule has 0 aliphatic carbocycles. The lowest BCUT2D eigenvalue weighted by molar-refractivity contribution is 0.0641. The number of pyridine rings is 1. The number of fused-ring (bicyclic) bond motifs is 1. The van der Waals surface area contributed by atoms with Crippen LogP contribution >= 0.6 is 0 Å². The lowest BCUT2D eigenvalue weighted by Crippen LogP contribution is -2.19. The van der Waals surface area contributed by atoms with Gasteiger partial charge in [0.15, 0.2) is 0 Å². The maximum Gasteiger partial charge on any atom is 0.133 e. The fourth-order valence-corrected chi connectivity index (χ4v) is 3.50. The van der Waals surface area contributed by atoms with Crippen molar-refractivity contribution in [1.29, 1.82) is 0 Å². The SMILES string of the molecule is CCCCOc1c(C)c(COc2cccc(OCCCC(C)(C)O)c2)nc2ccc(F)cc12. The van der Waals surface area contributed by atoms with E-state index in [0.29, 0.717) is 47.8 Å². The molecule has 1 N–H and O–H groups in total. The molecule has 0 atom stereocenters. The number of aromatic nitrogens is 1. The first-order valence-electron chi connectivity index (χ1n) is 11.6. The first kappa shape index (κ1) is 24.8. The van der Waals surface area contributed by atoms with Crippen molar-refractivity contribution in [3.05, 3.63) is 59.5 Å². The summed E-state index contributed by atoms with van der Waals surface area (Å²) in [6.07, 6.45) is 3.37. The van der Waals surface area contributed by atoms with Crippen LogP contribution < -0.4 is 14.2 Å². The lowest BCUT2D eigenvalue weighted by atomic mass is 10.0. The summed E-state index contributed by atoms with van der Waals surface area (Å²) >= 11 is 0. The third-order valence-electron chi connectivity index (χ3n) is 5.36. The van der Waals surface area contributed by atoms with Crippen molar-refractivity contribution < 1.29 is 23.7 Å². The van der Waals surface area contributed by atoms with Crippen LogP contribution in [0.1, 0.15) is 57.7 Å². The smallest absolute Gasteiger partial charge is 0.133 e. The van der Waals surface area contributed by atoms with Crippen LogP contribution in [-0.4, -0.2) is 28.9 Å². The van der Waals surface area contributed by atoms with Gasteiger partial charge in [0, 0.05) is 17.0 Å². The largest absolute Gasteiger partial charge is 0.493 e. The van der Waals surface area contributed by atoms with Crippen LogP contribution in [0.3, 0.4) is 0 Å². The van der Waals surface area contributed by atoms with E-state index in [9.17, 15) is 9.50 Å². The van der Waals surface area contributed by atoms with Crippen molar-refractivity contribution >= 4 is 10.9 Å². The second-order valence-corrected chi connectivity index (χ2v) is 8.90. The standard InChI is InChI=1S/C27H34FNO4/c1-5-6-14-32-26-19(2)25(29-24-12-11-20(28)16-23(24)26)18-33-22-10-7-9-21(17-22)31-15-8-13-27(3,4)30/h7,9-12,16-17,30H,5-6,8,13-15,18H2,1-4H3. The summed E-state index contributed by atoms with van der Waals surface area (Å²) in [4.78, 5) is 4.70. The van der Waals surface area contributed by atoms with Gasteiger partial charge in [0.05, 0.1) is 30.0 Å². The highest BCUT2D eigenvalue weighted by molar-refractivity contribution is 5.86. The number of aliphatic hydroxyl groups is 1. The lowest BCUT2D eigenvalue weighted by Gasteiger charge is -2.17. The fraction of sp³-hybridized carbons (Fsp3) is 0.444. The minimum absolute atomic E-state index is 0.255. The van der Waals surface area contributed by atoms with Crippen LogP contribution in [0.25, 0.3) is 10.9 Å². The Balaban J connectivity index is 1.72. The van der Waals surface area contributed by atoms with Crippen LogP contribution in [0, 0.1) is 12.7 Å². The average Bonchev–Trinajstić information content (AvgIpc) is 2.77. The zero-order valence-corrected chi connectivity index (χ0v) is 20.0. The van der Waals surface area contributed by atoms with Crippen molar-refractivity contribution in [3.8, 4) is 17.2 Å². The van der Waals surface area contributed by atoms with E-state index in [1.165, 1.54) is 12.1 Å². The van der Waals surface area contributed by atoms with Crippen molar-refractivity contribution in [2.24, 2.45) is 0 Å². The van der Waals surface area contributed by atoms with Crippen LogP contribution in [-0.2, 0) is 6.61 Å². The van der Waals surface area contributed by atoms with Gasteiger partial charge < -0.3 is 19.3 Å². The molecule has 2 aromatic carbocycles. The molecule has 3 rings (SSSR count). The molecule has 33 heavy (non-hydrogen) atoms. The highest BCUT2D eigenvalue weighted by Gasteiger charge is 2.15. The molecule has 0 aliphatic rings. The minimum Gasteiger partial charge on any atom is -0.493 e. The van der Waals surface area contributed by atoms with E-state index in [1.807, 2.05) is 31.2 Å². The summed E-state index contributed by atoms with van der Waals surface area (Å²) in [7, 11) is 0. The van der Waals surface area contributed by atoms with Gasteiger partial charge in [0.1, 0.15) is 29.7 Å². The predicted octanol–water partition coefficient (Wildman–Crippen LogP) is 6.37. The molecule has 3 aromatic rings.